The Morgan fingerprint density at radius 2 is 1.57 bits per heavy atom. The van der Waals surface area contributed by atoms with E-state index in [1.54, 1.807) is 11.6 Å². The molecular formula is C15H17F3N2O. The first kappa shape index (κ1) is 15.4. The van der Waals surface area contributed by atoms with Crippen LogP contribution in [0.5, 0.6) is 5.75 Å². The largest absolute Gasteiger partial charge is 0.504 e. The van der Waals surface area contributed by atoms with E-state index in [-0.39, 0.29) is 17.0 Å². The molecule has 1 N–H and O–H groups in total. The summed E-state index contributed by atoms with van der Waals surface area (Å²) < 4.78 is 39.3. The molecule has 2 rings (SSSR count). The lowest BCUT2D eigenvalue weighted by Crippen LogP contribution is -2.24. The van der Waals surface area contributed by atoms with Gasteiger partial charge in [-0.25, -0.2) is 0 Å². The second kappa shape index (κ2) is 4.79. The summed E-state index contributed by atoms with van der Waals surface area (Å²) in [7, 11) is 0. The molecule has 1 heterocycles. The van der Waals surface area contributed by atoms with Gasteiger partial charge in [0.2, 0.25) is 0 Å². The van der Waals surface area contributed by atoms with Gasteiger partial charge in [-0.05, 0) is 39.8 Å². The lowest BCUT2D eigenvalue weighted by molar-refractivity contribution is -0.137. The summed E-state index contributed by atoms with van der Waals surface area (Å²) in [5.74, 6) is -0.00955. The van der Waals surface area contributed by atoms with Gasteiger partial charge in [-0.15, -0.1) is 0 Å². The Morgan fingerprint density at radius 1 is 1.05 bits per heavy atom. The highest BCUT2D eigenvalue weighted by molar-refractivity contribution is 5.67. The monoisotopic (exact) mass is 298 g/mol. The minimum Gasteiger partial charge on any atom is -0.504 e. The molecular weight excluding hydrogens is 281 g/mol. The van der Waals surface area contributed by atoms with Gasteiger partial charge in [0, 0.05) is 5.56 Å². The number of benzene rings is 1. The molecule has 0 radical (unpaired) electrons. The second-order valence-electron chi connectivity index (χ2n) is 5.94. The van der Waals surface area contributed by atoms with E-state index >= 15 is 0 Å². The molecule has 0 atom stereocenters. The summed E-state index contributed by atoms with van der Waals surface area (Å²) in [4.78, 5) is 0. The van der Waals surface area contributed by atoms with E-state index in [0.29, 0.717) is 11.3 Å². The first-order valence-corrected chi connectivity index (χ1v) is 6.48. The highest BCUT2D eigenvalue weighted by Gasteiger charge is 2.30. The predicted molar refractivity (Wildman–Crippen MR) is 74.1 cm³/mol. The lowest BCUT2D eigenvalue weighted by Gasteiger charge is -2.20. The van der Waals surface area contributed by atoms with Crippen LogP contribution in [0.15, 0.2) is 24.3 Å². The van der Waals surface area contributed by atoms with Crippen LogP contribution in [0.1, 0.15) is 32.0 Å². The molecule has 114 valence electrons. The first-order chi connectivity index (χ1) is 9.51. The van der Waals surface area contributed by atoms with Gasteiger partial charge in [0.25, 0.3) is 0 Å². The maximum Gasteiger partial charge on any atom is 0.416 e. The quantitative estimate of drug-likeness (QED) is 0.850. The van der Waals surface area contributed by atoms with Crippen LogP contribution >= 0.6 is 0 Å². The van der Waals surface area contributed by atoms with Crippen LogP contribution in [0.3, 0.4) is 0 Å². The number of hydrogen-bond acceptors (Lipinski definition) is 2. The minimum atomic E-state index is -4.37. The van der Waals surface area contributed by atoms with Crippen LogP contribution in [-0.2, 0) is 11.7 Å². The highest BCUT2D eigenvalue weighted by atomic mass is 19.4. The average Bonchev–Trinajstić information content (AvgIpc) is 2.65. The van der Waals surface area contributed by atoms with Gasteiger partial charge in [0.15, 0.2) is 5.75 Å². The molecule has 2 aromatic rings. The zero-order valence-corrected chi connectivity index (χ0v) is 12.3. The normalized spacial score (nSPS) is 12.7. The third kappa shape index (κ3) is 2.89. The van der Waals surface area contributed by atoms with Crippen molar-refractivity contribution in [2.45, 2.75) is 39.4 Å². The SMILES string of the molecule is Cc1c(O)c(-c2ccc(C(F)(F)F)cc2)nn1C(C)(C)C. The van der Waals surface area contributed by atoms with Crippen LogP contribution in [0.2, 0.25) is 0 Å². The van der Waals surface area contributed by atoms with E-state index < -0.39 is 11.7 Å². The number of hydrogen-bond donors (Lipinski definition) is 1. The summed E-state index contributed by atoms with van der Waals surface area (Å²) in [5.41, 5.74) is 0.268. The van der Waals surface area contributed by atoms with Crippen molar-refractivity contribution < 1.29 is 18.3 Å². The molecule has 21 heavy (non-hydrogen) atoms. The maximum absolute atomic E-state index is 12.6. The molecule has 3 nitrogen and oxygen atoms in total. The molecule has 0 fully saturated rings. The zero-order valence-electron chi connectivity index (χ0n) is 12.3. The smallest absolute Gasteiger partial charge is 0.416 e. The van der Waals surface area contributed by atoms with Gasteiger partial charge in [0.05, 0.1) is 16.8 Å². The van der Waals surface area contributed by atoms with Crippen molar-refractivity contribution in [3.8, 4) is 17.0 Å². The summed E-state index contributed by atoms with van der Waals surface area (Å²) in [5, 5.41) is 14.5. The fourth-order valence-corrected chi connectivity index (χ4v) is 2.16. The Hall–Kier alpha value is -1.98. The molecule has 0 saturated heterocycles. The molecule has 0 saturated carbocycles. The Balaban J connectivity index is 2.48. The van der Waals surface area contributed by atoms with Crippen LogP contribution < -0.4 is 0 Å². The third-order valence-electron chi connectivity index (χ3n) is 3.21. The fourth-order valence-electron chi connectivity index (χ4n) is 2.16. The Labute approximate surface area is 121 Å². The van der Waals surface area contributed by atoms with Gasteiger partial charge >= 0.3 is 6.18 Å². The van der Waals surface area contributed by atoms with E-state index in [1.807, 2.05) is 20.8 Å². The van der Waals surface area contributed by atoms with E-state index in [4.69, 9.17) is 0 Å². The van der Waals surface area contributed by atoms with Crippen molar-refractivity contribution in [2.75, 3.05) is 0 Å². The number of aromatic hydroxyl groups is 1. The number of rotatable bonds is 1. The number of nitrogens with zero attached hydrogens (tertiary/aromatic N) is 2. The van der Waals surface area contributed by atoms with Gasteiger partial charge in [-0.1, -0.05) is 12.1 Å². The third-order valence-corrected chi connectivity index (χ3v) is 3.21. The van der Waals surface area contributed by atoms with Crippen LogP contribution in [0.4, 0.5) is 13.2 Å². The van der Waals surface area contributed by atoms with Crippen molar-refractivity contribution >= 4 is 0 Å². The molecule has 0 aliphatic rings. The maximum atomic E-state index is 12.6. The van der Waals surface area contributed by atoms with Crippen molar-refractivity contribution in [2.24, 2.45) is 0 Å². The van der Waals surface area contributed by atoms with E-state index in [1.165, 1.54) is 12.1 Å². The molecule has 0 amide bonds. The summed E-state index contributed by atoms with van der Waals surface area (Å²) >= 11 is 0. The lowest BCUT2D eigenvalue weighted by atomic mass is 10.1. The van der Waals surface area contributed by atoms with Crippen LogP contribution in [-0.4, -0.2) is 14.9 Å². The Kier molecular flexibility index (Phi) is 3.51. The van der Waals surface area contributed by atoms with Crippen molar-refractivity contribution in [3.63, 3.8) is 0 Å². The zero-order chi connectivity index (χ0) is 16.0. The Morgan fingerprint density at radius 3 is 1.95 bits per heavy atom. The Bertz CT molecular complexity index is 649. The average molecular weight is 298 g/mol. The van der Waals surface area contributed by atoms with Gasteiger partial charge in [-0.3, -0.25) is 4.68 Å². The van der Waals surface area contributed by atoms with Crippen molar-refractivity contribution in [1.82, 2.24) is 9.78 Å². The standard InChI is InChI=1S/C15H17F3N2O/c1-9-13(21)12(19-20(9)14(2,3)4)10-5-7-11(8-6-10)15(16,17)18/h5-8,21H,1-4H3. The van der Waals surface area contributed by atoms with Crippen LogP contribution in [0, 0.1) is 6.92 Å². The fraction of sp³-hybridized carbons (Fsp3) is 0.400. The summed E-state index contributed by atoms with van der Waals surface area (Å²) in [6.07, 6.45) is -4.37. The first-order valence-electron chi connectivity index (χ1n) is 6.48. The number of alkyl halides is 3. The molecule has 1 aromatic heterocycles. The summed E-state index contributed by atoms with van der Waals surface area (Å²) in [6.45, 7) is 7.52. The summed E-state index contributed by atoms with van der Waals surface area (Å²) in [6, 6.07) is 4.61. The minimum absolute atomic E-state index is 0.00955. The molecule has 6 heteroatoms. The second-order valence-corrected chi connectivity index (χ2v) is 5.94. The van der Waals surface area contributed by atoms with E-state index in [9.17, 15) is 18.3 Å². The van der Waals surface area contributed by atoms with Crippen molar-refractivity contribution in [3.05, 3.63) is 35.5 Å². The highest BCUT2D eigenvalue weighted by Crippen LogP contribution is 2.35. The molecule has 0 spiro atoms. The molecule has 0 bridgehead atoms. The molecule has 1 aromatic carbocycles. The molecule has 0 unspecified atom stereocenters. The van der Waals surface area contributed by atoms with Crippen molar-refractivity contribution in [1.29, 1.82) is 0 Å². The van der Waals surface area contributed by atoms with Gasteiger partial charge < -0.3 is 5.11 Å². The molecule has 0 aliphatic heterocycles. The van der Waals surface area contributed by atoms with Crippen LogP contribution in [0.25, 0.3) is 11.3 Å². The topological polar surface area (TPSA) is 38.1 Å². The molecule has 0 aliphatic carbocycles. The van der Waals surface area contributed by atoms with E-state index in [0.717, 1.165) is 12.1 Å². The number of aromatic nitrogens is 2. The van der Waals surface area contributed by atoms with Gasteiger partial charge in [0.1, 0.15) is 5.69 Å². The predicted octanol–water partition coefficient (Wildman–Crippen LogP) is 4.34. The van der Waals surface area contributed by atoms with E-state index in [2.05, 4.69) is 5.10 Å². The number of halogens is 3. The van der Waals surface area contributed by atoms with Gasteiger partial charge in [-0.2, -0.15) is 18.3 Å².